The number of rotatable bonds is 9. The molecule has 0 saturated carbocycles. The van der Waals surface area contributed by atoms with Gasteiger partial charge in [0.05, 0.1) is 6.54 Å². The third-order valence-corrected chi connectivity index (χ3v) is 7.01. The van der Waals surface area contributed by atoms with Crippen molar-refractivity contribution in [2.45, 2.75) is 71.3 Å². The van der Waals surface area contributed by atoms with Crippen molar-refractivity contribution in [3.05, 3.63) is 35.9 Å². The van der Waals surface area contributed by atoms with E-state index in [1.807, 2.05) is 11.0 Å². The summed E-state index contributed by atoms with van der Waals surface area (Å²) in [5, 5.41) is 0. The first-order valence-electron chi connectivity index (χ1n) is 12.5. The first-order chi connectivity index (χ1) is 15.1. The summed E-state index contributed by atoms with van der Waals surface area (Å²) in [4.78, 5) is 32.4. The normalized spacial score (nSPS) is 18.9. The van der Waals surface area contributed by atoms with Gasteiger partial charge in [-0.25, -0.2) is 0 Å². The predicted molar refractivity (Wildman–Crippen MR) is 126 cm³/mol. The molecule has 0 N–H and O–H groups in total. The van der Waals surface area contributed by atoms with Crippen LogP contribution in [0.2, 0.25) is 0 Å². The molecule has 0 bridgehead atoms. The number of carbonyl (C=O) groups is 2. The van der Waals surface area contributed by atoms with Crippen molar-refractivity contribution in [3.63, 3.8) is 0 Å². The number of hydrogen-bond donors (Lipinski definition) is 0. The average molecular weight is 428 g/mol. The molecule has 1 unspecified atom stereocenters. The van der Waals surface area contributed by atoms with Gasteiger partial charge in [-0.15, -0.1) is 0 Å². The first-order valence-corrected chi connectivity index (χ1v) is 12.5. The zero-order chi connectivity index (χ0) is 22.1. The Kier molecular flexibility index (Phi) is 9.38. The summed E-state index contributed by atoms with van der Waals surface area (Å²) in [6.45, 7) is 9.09. The smallest absolute Gasteiger partial charge is 0.236 e. The minimum atomic E-state index is 0.103. The van der Waals surface area contributed by atoms with Crippen molar-refractivity contribution in [1.82, 2.24) is 14.7 Å². The van der Waals surface area contributed by atoms with Crippen LogP contribution in [0, 0.1) is 5.92 Å². The molecule has 2 saturated heterocycles. The number of unbranched alkanes of at least 4 members (excludes halogenated alkanes) is 1. The summed E-state index contributed by atoms with van der Waals surface area (Å²) >= 11 is 0. The SMILES string of the molecule is CCCCN(CC(=O)N1CCC(C(=O)N2CCCCC2)CC1)C(CC)c1ccccc1. The summed E-state index contributed by atoms with van der Waals surface area (Å²) in [7, 11) is 0. The van der Waals surface area contributed by atoms with Crippen molar-refractivity contribution in [2.24, 2.45) is 5.92 Å². The van der Waals surface area contributed by atoms with E-state index in [4.69, 9.17) is 0 Å². The van der Waals surface area contributed by atoms with Crippen LogP contribution in [0.25, 0.3) is 0 Å². The summed E-state index contributed by atoms with van der Waals surface area (Å²) in [6.07, 6.45) is 8.36. The summed E-state index contributed by atoms with van der Waals surface area (Å²) < 4.78 is 0. The van der Waals surface area contributed by atoms with Crippen LogP contribution < -0.4 is 0 Å². The second-order valence-electron chi connectivity index (χ2n) is 9.20. The minimum absolute atomic E-state index is 0.103. The number of nitrogens with zero attached hydrogens (tertiary/aromatic N) is 3. The highest BCUT2D eigenvalue weighted by molar-refractivity contribution is 5.81. The molecule has 1 atom stereocenters. The first kappa shape index (κ1) is 23.8. The fourth-order valence-corrected chi connectivity index (χ4v) is 5.11. The lowest BCUT2D eigenvalue weighted by Gasteiger charge is -2.37. The molecule has 1 aromatic carbocycles. The van der Waals surface area contributed by atoms with E-state index in [9.17, 15) is 9.59 Å². The summed E-state index contributed by atoms with van der Waals surface area (Å²) in [5.74, 6) is 0.645. The van der Waals surface area contributed by atoms with E-state index in [1.54, 1.807) is 0 Å². The molecule has 2 aliphatic heterocycles. The monoisotopic (exact) mass is 427 g/mol. The lowest BCUT2D eigenvalue weighted by Crippen LogP contribution is -2.48. The molecule has 2 heterocycles. The van der Waals surface area contributed by atoms with Gasteiger partial charge in [0, 0.05) is 38.1 Å². The van der Waals surface area contributed by atoms with E-state index < -0.39 is 0 Å². The maximum atomic E-state index is 13.2. The van der Waals surface area contributed by atoms with Crippen LogP contribution in [0.15, 0.2) is 30.3 Å². The van der Waals surface area contributed by atoms with Gasteiger partial charge in [-0.2, -0.15) is 0 Å². The molecule has 5 nitrogen and oxygen atoms in total. The molecule has 0 spiro atoms. The van der Waals surface area contributed by atoms with E-state index in [2.05, 4.69) is 47.9 Å². The Bertz CT molecular complexity index is 679. The van der Waals surface area contributed by atoms with Gasteiger partial charge in [-0.1, -0.05) is 50.6 Å². The number of benzene rings is 1. The zero-order valence-electron chi connectivity index (χ0n) is 19.6. The molecule has 2 fully saturated rings. The fourth-order valence-electron chi connectivity index (χ4n) is 5.11. The molecule has 0 aliphatic carbocycles. The highest BCUT2D eigenvalue weighted by Crippen LogP contribution is 2.26. The van der Waals surface area contributed by atoms with Crippen LogP contribution in [0.5, 0.6) is 0 Å². The number of amides is 2. The van der Waals surface area contributed by atoms with Crippen molar-refractivity contribution in [1.29, 1.82) is 0 Å². The zero-order valence-corrected chi connectivity index (χ0v) is 19.6. The highest BCUT2D eigenvalue weighted by Gasteiger charge is 2.31. The van der Waals surface area contributed by atoms with E-state index in [0.29, 0.717) is 25.5 Å². The number of carbonyl (C=O) groups excluding carboxylic acids is 2. The Labute approximate surface area is 188 Å². The van der Waals surface area contributed by atoms with E-state index in [0.717, 1.165) is 64.6 Å². The predicted octanol–water partition coefficient (Wildman–Crippen LogP) is 4.49. The van der Waals surface area contributed by atoms with Gasteiger partial charge in [0.25, 0.3) is 0 Å². The Morgan fingerprint density at radius 1 is 0.968 bits per heavy atom. The van der Waals surface area contributed by atoms with E-state index in [-0.39, 0.29) is 17.9 Å². The number of hydrogen-bond acceptors (Lipinski definition) is 3. The lowest BCUT2D eigenvalue weighted by atomic mass is 9.94. The third kappa shape index (κ3) is 6.55. The van der Waals surface area contributed by atoms with Gasteiger partial charge in [-0.05, 0) is 57.1 Å². The summed E-state index contributed by atoms with van der Waals surface area (Å²) in [5.41, 5.74) is 1.29. The highest BCUT2D eigenvalue weighted by atomic mass is 16.2. The van der Waals surface area contributed by atoms with Crippen molar-refractivity contribution < 1.29 is 9.59 Å². The fraction of sp³-hybridized carbons (Fsp3) is 0.692. The Balaban J connectivity index is 1.56. The second kappa shape index (κ2) is 12.2. The third-order valence-electron chi connectivity index (χ3n) is 7.01. The van der Waals surface area contributed by atoms with Gasteiger partial charge >= 0.3 is 0 Å². The standard InChI is InChI=1S/C26H41N3O2/c1-3-5-16-29(24(4-2)22-12-8-6-9-13-22)21-25(30)27-19-14-23(15-20-27)26(31)28-17-10-7-11-18-28/h6,8-9,12-13,23-24H,3-5,7,10-11,14-21H2,1-2H3. The van der Waals surface area contributed by atoms with Crippen LogP contribution in [0.1, 0.15) is 76.8 Å². The van der Waals surface area contributed by atoms with Gasteiger partial charge in [0.1, 0.15) is 0 Å². The van der Waals surface area contributed by atoms with Crippen molar-refractivity contribution >= 4 is 11.8 Å². The molecule has 172 valence electrons. The molecule has 0 radical (unpaired) electrons. The number of likely N-dealkylation sites (tertiary alicyclic amines) is 2. The van der Waals surface area contributed by atoms with Crippen LogP contribution in [-0.2, 0) is 9.59 Å². The largest absolute Gasteiger partial charge is 0.342 e. The van der Waals surface area contributed by atoms with Gasteiger partial charge < -0.3 is 9.80 Å². The van der Waals surface area contributed by atoms with Crippen molar-refractivity contribution in [2.75, 3.05) is 39.3 Å². The Morgan fingerprint density at radius 2 is 1.65 bits per heavy atom. The van der Waals surface area contributed by atoms with Gasteiger partial charge in [0.2, 0.25) is 11.8 Å². The van der Waals surface area contributed by atoms with E-state index >= 15 is 0 Å². The Hall–Kier alpha value is -1.88. The molecule has 2 amide bonds. The number of piperidine rings is 2. The van der Waals surface area contributed by atoms with Crippen LogP contribution in [-0.4, -0.2) is 65.8 Å². The maximum absolute atomic E-state index is 13.2. The molecule has 2 aliphatic rings. The second-order valence-corrected chi connectivity index (χ2v) is 9.20. The summed E-state index contributed by atoms with van der Waals surface area (Å²) in [6, 6.07) is 10.8. The van der Waals surface area contributed by atoms with Crippen molar-refractivity contribution in [3.8, 4) is 0 Å². The molecule has 1 aromatic rings. The van der Waals surface area contributed by atoms with E-state index in [1.165, 1.54) is 12.0 Å². The van der Waals surface area contributed by atoms with Gasteiger partial charge in [-0.3, -0.25) is 14.5 Å². The molecule has 0 aromatic heterocycles. The van der Waals surface area contributed by atoms with Crippen LogP contribution >= 0.6 is 0 Å². The minimum Gasteiger partial charge on any atom is -0.342 e. The quantitative estimate of drug-likeness (QED) is 0.583. The van der Waals surface area contributed by atoms with Crippen LogP contribution in [0.3, 0.4) is 0 Å². The van der Waals surface area contributed by atoms with Crippen LogP contribution in [0.4, 0.5) is 0 Å². The lowest BCUT2D eigenvalue weighted by molar-refractivity contribution is -0.142. The average Bonchev–Trinajstić information content (AvgIpc) is 2.83. The topological polar surface area (TPSA) is 43.9 Å². The molecule has 5 heteroatoms. The maximum Gasteiger partial charge on any atom is 0.236 e. The Morgan fingerprint density at radius 3 is 2.26 bits per heavy atom. The molecule has 3 rings (SSSR count). The molecular formula is C26H41N3O2. The molecular weight excluding hydrogens is 386 g/mol. The molecule has 31 heavy (non-hydrogen) atoms. The van der Waals surface area contributed by atoms with Gasteiger partial charge in [0.15, 0.2) is 0 Å².